The SMILES string of the molecule is N#Cc1ccccc1-c1ccc2c(c1)c1cc(-c3ccccc3C#N)ccc1n2-c1cc(-c2nc(-c3ccccc3)nc(-c3ccccc3)n2)c(-n2c3ccc(-c4ccccc4C#N)cc3c3cc(-c4ccccc4C#N)ccc32)cc1C#N. The zero-order valence-electron chi connectivity index (χ0n) is 44.6. The number of aromatic nitrogens is 5. The molecule has 0 spiro atoms. The van der Waals surface area contributed by atoms with Gasteiger partial charge in [0, 0.05) is 38.2 Å². The standard InChI is InChI=1S/C74H40N10/c75-41-52-19-7-11-23-57(52)48-27-31-66-61(35-48)62-36-49(58-24-12-8-20-53(58)42-76)28-32-67(62)83(66)70-40-65(74-81-72(46-15-3-1-4-16-46)80-73(82-74)47-17-5-2-6-18-47)71(39-56(70)45-79)84-68-33-29-50(59-25-13-9-21-54(59)43-77)37-63(68)64-38-51(30-34-69(64)84)60-26-14-10-22-55(60)44-78/h1-40H. The molecule has 0 saturated carbocycles. The van der Waals surface area contributed by atoms with Crippen LogP contribution in [0.4, 0.5) is 0 Å². The second kappa shape index (κ2) is 20.6. The molecule has 0 aliphatic heterocycles. The van der Waals surface area contributed by atoms with E-state index in [1.165, 1.54) is 0 Å². The van der Waals surface area contributed by atoms with Crippen molar-refractivity contribution in [1.29, 1.82) is 26.3 Å². The highest BCUT2D eigenvalue weighted by atomic mass is 15.1. The van der Waals surface area contributed by atoms with Crippen LogP contribution in [0.5, 0.6) is 0 Å². The third-order valence-electron chi connectivity index (χ3n) is 15.6. The van der Waals surface area contributed by atoms with Gasteiger partial charge in [-0.05, 0) is 129 Å². The first-order valence-electron chi connectivity index (χ1n) is 27.0. The first-order chi connectivity index (χ1) is 41.4. The van der Waals surface area contributed by atoms with Gasteiger partial charge in [-0.1, -0.05) is 158 Å². The van der Waals surface area contributed by atoms with Crippen LogP contribution in [0.2, 0.25) is 0 Å². The summed E-state index contributed by atoms with van der Waals surface area (Å²) < 4.78 is 4.26. The summed E-state index contributed by atoms with van der Waals surface area (Å²) >= 11 is 0. The van der Waals surface area contributed by atoms with Crippen LogP contribution >= 0.6 is 0 Å². The summed E-state index contributed by atoms with van der Waals surface area (Å²) in [5, 5.41) is 56.4. The van der Waals surface area contributed by atoms with Crippen LogP contribution in [0.3, 0.4) is 0 Å². The van der Waals surface area contributed by atoms with Crippen LogP contribution in [0.25, 0.3) is 134 Å². The molecule has 3 heterocycles. The Morgan fingerprint density at radius 3 is 0.869 bits per heavy atom. The molecule has 0 amide bonds. The van der Waals surface area contributed by atoms with E-state index in [-0.39, 0.29) is 0 Å². The van der Waals surface area contributed by atoms with Crippen molar-refractivity contribution in [3.8, 4) is 120 Å². The average Bonchev–Trinajstić information content (AvgIpc) is 3.16. The molecule has 11 aromatic carbocycles. The van der Waals surface area contributed by atoms with E-state index in [1.807, 2.05) is 206 Å². The van der Waals surface area contributed by atoms with Gasteiger partial charge in [0.2, 0.25) is 0 Å². The third kappa shape index (κ3) is 8.35. The molecule has 0 radical (unpaired) electrons. The fraction of sp³-hybridized carbons (Fsp3) is 0. The third-order valence-corrected chi connectivity index (χ3v) is 15.6. The topological polar surface area (TPSA) is 167 Å². The van der Waals surface area contributed by atoms with Gasteiger partial charge in [0.05, 0.1) is 85.5 Å². The second-order valence-corrected chi connectivity index (χ2v) is 20.3. The highest BCUT2D eigenvalue weighted by molar-refractivity contribution is 6.14. The summed E-state index contributed by atoms with van der Waals surface area (Å²) in [4.78, 5) is 15.8. The smallest absolute Gasteiger partial charge is 0.166 e. The molecular formula is C74H40N10. The predicted molar refractivity (Wildman–Crippen MR) is 330 cm³/mol. The van der Waals surface area contributed by atoms with Crippen molar-refractivity contribution in [3.63, 3.8) is 0 Å². The molecule has 14 aromatic rings. The maximum Gasteiger partial charge on any atom is 0.166 e. The number of hydrogen-bond donors (Lipinski definition) is 0. The van der Waals surface area contributed by atoms with Gasteiger partial charge in [-0.25, -0.2) is 15.0 Å². The summed E-state index contributed by atoms with van der Waals surface area (Å²) in [6.07, 6.45) is 0. The van der Waals surface area contributed by atoms with Crippen LogP contribution < -0.4 is 0 Å². The van der Waals surface area contributed by atoms with E-state index in [9.17, 15) is 26.3 Å². The van der Waals surface area contributed by atoms with Gasteiger partial charge >= 0.3 is 0 Å². The molecule has 10 heteroatoms. The maximum atomic E-state index is 11.8. The maximum absolute atomic E-state index is 11.8. The van der Waals surface area contributed by atoms with Crippen molar-refractivity contribution >= 4 is 43.6 Å². The Morgan fingerprint density at radius 2 is 0.536 bits per heavy atom. The monoisotopic (exact) mass is 1070 g/mol. The normalized spacial score (nSPS) is 11.0. The number of nitriles is 5. The molecule has 0 atom stereocenters. The van der Waals surface area contributed by atoms with E-state index in [0.29, 0.717) is 62.2 Å². The number of nitrogens with zero attached hydrogens (tertiary/aromatic N) is 10. The minimum Gasteiger partial charge on any atom is -0.308 e. The van der Waals surface area contributed by atoms with E-state index in [4.69, 9.17) is 15.0 Å². The van der Waals surface area contributed by atoms with E-state index in [0.717, 1.165) is 99.2 Å². The largest absolute Gasteiger partial charge is 0.308 e. The lowest BCUT2D eigenvalue weighted by molar-refractivity contribution is 1.06. The quantitative estimate of drug-likeness (QED) is 0.138. The van der Waals surface area contributed by atoms with Crippen molar-refractivity contribution in [2.24, 2.45) is 0 Å². The number of fused-ring (bicyclic) bond motifs is 6. The van der Waals surface area contributed by atoms with Crippen LogP contribution in [-0.2, 0) is 0 Å². The van der Waals surface area contributed by atoms with Gasteiger partial charge < -0.3 is 9.13 Å². The summed E-state index contributed by atoms with van der Waals surface area (Å²) in [7, 11) is 0. The van der Waals surface area contributed by atoms with Crippen molar-refractivity contribution < 1.29 is 0 Å². The summed E-state index contributed by atoms with van der Waals surface area (Å²) in [6.45, 7) is 0. The van der Waals surface area contributed by atoms with E-state index in [2.05, 4.69) is 75.9 Å². The Morgan fingerprint density at radius 1 is 0.238 bits per heavy atom. The zero-order valence-corrected chi connectivity index (χ0v) is 44.6. The van der Waals surface area contributed by atoms with Gasteiger partial charge in [0.1, 0.15) is 6.07 Å². The van der Waals surface area contributed by atoms with Gasteiger partial charge in [0.15, 0.2) is 17.5 Å². The fourth-order valence-corrected chi connectivity index (χ4v) is 11.7. The Hall–Kier alpha value is -12.5. The van der Waals surface area contributed by atoms with Crippen molar-refractivity contribution in [2.75, 3.05) is 0 Å². The van der Waals surface area contributed by atoms with Crippen LogP contribution in [0.15, 0.2) is 243 Å². The molecular weight excluding hydrogens is 1030 g/mol. The lowest BCUT2D eigenvalue weighted by atomic mass is 9.96. The van der Waals surface area contributed by atoms with Crippen molar-refractivity contribution in [2.45, 2.75) is 0 Å². The van der Waals surface area contributed by atoms with Gasteiger partial charge in [-0.2, -0.15) is 26.3 Å². The molecule has 0 aliphatic rings. The van der Waals surface area contributed by atoms with E-state index < -0.39 is 0 Å². The zero-order chi connectivity index (χ0) is 56.8. The first-order valence-corrected chi connectivity index (χ1v) is 27.0. The Balaban J connectivity index is 1.11. The molecule has 0 fully saturated rings. The van der Waals surface area contributed by atoms with Gasteiger partial charge in [-0.15, -0.1) is 0 Å². The summed E-state index contributed by atoms with van der Waals surface area (Å²) in [5.41, 5.74) is 15.5. The minimum absolute atomic E-state index is 0.347. The Kier molecular flexibility index (Phi) is 12.2. The minimum atomic E-state index is 0.347. The first kappa shape index (κ1) is 49.8. The van der Waals surface area contributed by atoms with Crippen LogP contribution in [0, 0.1) is 56.7 Å². The molecule has 10 nitrogen and oxygen atoms in total. The van der Waals surface area contributed by atoms with E-state index >= 15 is 0 Å². The molecule has 0 unspecified atom stereocenters. The van der Waals surface area contributed by atoms with Crippen molar-refractivity contribution in [3.05, 3.63) is 270 Å². The Labute approximate surface area is 482 Å². The summed E-state index contributed by atoms with van der Waals surface area (Å²) in [5.74, 6) is 1.25. The molecule has 0 bridgehead atoms. The highest BCUT2D eigenvalue weighted by Crippen LogP contribution is 2.44. The lowest BCUT2D eigenvalue weighted by Crippen LogP contribution is -2.07. The lowest BCUT2D eigenvalue weighted by Gasteiger charge is -2.19. The molecule has 0 saturated heterocycles. The Bertz CT molecular complexity index is 4980. The summed E-state index contributed by atoms with van der Waals surface area (Å²) in [6, 6.07) is 90.5. The second-order valence-electron chi connectivity index (χ2n) is 20.3. The fourth-order valence-electron chi connectivity index (χ4n) is 11.7. The molecule has 3 aromatic heterocycles. The highest BCUT2D eigenvalue weighted by Gasteiger charge is 2.26. The van der Waals surface area contributed by atoms with E-state index in [1.54, 1.807) is 0 Å². The molecule has 84 heavy (non-hydrogen) atoms. The van der Waals surface area contributed by atoms with Gasteiger partial charge in [-0.3, -0.25) is 0 Å². The molecule has 386 valence electrons. The van der Waals surface area contributed by atoms with Crippen molar-refractivity contribution in [1.82, 2.24) is 24.1 Å². The molecule has 0 N–H and O–H groups in total. The van der Waals surface area contributed by atoms with Gasteiger partial charge in [0.25, 0.3) is 0 Å². The number of benzene rings is 11. The molecule has 14 rings (SSSR count). The molecule has 0 aliphatic carbocycles. The number of hydrogen-bond acceptors (Lipinski definition) is 8. The average molecular weight is 1070 g/mol. The number of rotatable bonds is 9. The van der Waals surface area contributed by atoms with Crippen LogP contribution in [0.1, 0.15) is 27.8 Å². The predicted octanol–water partition coefficient (Wildman–Crippen LogP) is 17.1. The van der Waals surface area contributed by atoms with Crippen LogP contribution in [-0.4, -0.2) is 24.1 Å².